The van der Waals surface area contributed by atoms with Gasteiger partial charge in [0.1, 0.15) is 8.07 Å². The third-order valence-corrected chi connectivity index (χ3v) is 10.4. The van der Waals surface area contributed by atoms with E-state index in [9.17, 15) is 0 Å². The van der Waals surface area contributed by atoms with Gasteiger partial charge >= 0.3 is 0 Å². The minimum atomic E-state index is -1.66. The SMILES string of the molecule is C[Si]1(C)c2ccccc2-c2ccc(Nc3cccc(-c4cccc5ccccc45)c3)cc21. The van der Waals surface area contributed by atoms with Crippen molar-refractivity contribution in [3.8, 4) is 22.3 Å². The summed E-state index contributed by atoms with van der Waals surface area (Å²) in [4.78, 5) is 0. The topological polar surface area (TPSA) is 12.0 Å². The number of anilines is 2. The van der Waals surface area contributed by atoms with Crippen molar-refractivity contribution in [2.45, 2.75) is 13.1 Å². The molecule has 5 aromatic rings. The van der Waals surface area contributed by atoms with Crippen molar-refractivity contribution >= 4 is 40.6 Å². The molecule has 0 aromatic heterocycles. The van der Waals surface area contributed by atoms with Gasteiger partial charge in [-0.2, -0.15) is 0 Å². The van der Waals surface area contributed by atoms with E-state index >= 15 is 0 Å². The predicted molar refractivity (Wildman–Crippen MR) is 141 cm³/mol. The first-order chi connectivity index (χ1) is 15.6. The summed E-state index contributed by atoms with van der Waals surface area (Å²) in [6.45, 7) is 4.92. The smallest absolute Gasteiger partial charge is 0.113 e. The van der Waals surface area contributed by atoms with Crippen molar-refractivity contribution in [1.29, 1.82) is 0 Å². The van der Waals surface area contributed by atoms with E-state index in [1.54, 1.807) is 5.19 Å². The number of rotatable bonds is 3. The highest BCUT2D eigenvalue weighted by atomic mass is 28.3. The van der Waals surface area contributed by atoms with Crippen LogP contribution in [0.1, 0.15) is 0 Å². The lowest BCUT2D eigenvalue weighted by atomic mass is 9.98. The van der Waals surface area contributed by atoms with Crippen molar-refractivity contribution in [3.63, 3.8) is 0 Å². The Labute approximate surface area is 190 Å². The molecule has 1 aliphatic heterocycles. The second-order valence-electron chi connectivity index (χ2n) is 9.16. The maximum Gasteiger partial charge on any atom is 0.113 e. The molecule has 1 N–H and O–H groups in total. The lowest BCUT2D eigenvalue weighted by Crippen LogP contribution is -2.49. The zero-order valence-corrected chi connectivity index (χ0v) is 19.4. The molecule has 1 heterocycles. The van der Waals surface area contributed by atoms with Crippen molar-refractivity contribution in [1.82, 2.24) is 0 Å². The van der Waals surface area contributed by atoms with Crippen LogP contribution in [0.5, 0.6) is 0 Å². The molecular weight excluding hydrogens is 402 g/mol. The average molecular weight is 428 g/mol. The minimum Gasteiger partial charge on any atom is -0.356 e. The van der Waals surface area contributed by atoms with Gasteiger partial charge in [-0.3, -0.25) is 0 Å². The molecule has 2 heteroatoms. The normalized spacial score (nSPS) is 13.6. The van der Waals surface area contributed by atoms with Crippen LogP contribution >= 0.6 is 0 Å². The van der Waals surface area contributed by atoms with Crippen LogP contribution in [0.15, 0.2) is 109 Å². The number of fused-ring (bicyclic) bond motifs is 4. The van der Waals surface area contributed by atoms with E-state index in [2.05, 4.69) is 128 Å². The molecule has 0 atom stereocenters. The lowest BCUT2D eigenvalue weighted by Gasteiger charge is -2.19. The largest absolute Gasteiger partial charge is 0.356 e. The summed E-state index contributed by atoms with van der Waals surface area (Å²) in [5, 5.41) is 9.31. The van der Waals surface area contributed by atoms with Crippen molar-refractivity contribution < 1.29 is 0 Å². The molecule has 0 radical (unpaired) electrons. The Hall–Kier alpha value is -3.62. The van der Waals surface area contributed by atoms with E-state index in [0.717, 1.165) is 11.4 Å². The van der Waals surface area contributed by atoms with Gasteiger partial charge in [-0.25, -0.2) is 0 Å². The van der Waals surface area contributed by atoms with E-state index in [4.69, 9.17) is 0 Å². The van der Waals surface area contributed by atoms with Gasteiger partial charge in [0.25, 0.3) is 0 Å². The number of hydrogen-bond donors (Lipinski definition) is 1. The van der Waals surface area contributed by atoms with E-state index in [1.165, 1.54) is 38.2 Å². The Morgan fingerprint density at radius 2 is 1.22 bits per heavy atom. The molecule has 1 nitrogen and oxygen atoms in total. The molecular formula is C30H25NSi. The maximum absolute atomic E-state index is 3.68. The summed E-state index contributed by atoms with van der Waals surface area (Å²) in [5.41, 5.74) is 7.60. The van der Waals surface area contributed by atoms with E-state index < -0.39 is 8.07 Å². The number of benzene rings is 5. The maximum atomic E-state index is 3.68. The monoisotopic (exact) mass is 427 g/mol. The van der Waals surface area contributed by atoms with Crippen LogP contribution in [0.2, 0.25) is 13.1 Å². The Kier molecular flexibility index (Phi) is 4.31. The minimum absolute atomic E-state index is 1.12. The Balaban J connectivity index is 1.37. The van der Waals surface area contributed by atoms with Gasteiger partial charge in [-0.15, -0.1) is 0 Å². The molecule has 6 rings (SSSR count). The highest BCUT2D eigenvalue weighted by Crippen LogP contribution is 2.33. The zero-order chi connectivity index (χ0) is 21.7. The van der Waals surface area contributed by atoms with Gasteiger partial charge in [0, 0.05) is 11.4 Å². The second kappa shape index (κ2) is 7.22. The van der Waals surface area contributed by atoms with Crippen LogP contribution in [0.3, 0.4) is 0 Å². The summed E-state index contributed by atoms with van der Waals surface area (Å²) in [5.74, 6) is 0. The third-order valence-electron chi connectivity index (χ3n) is 6.84. The fourth-order valence-corrected chi connectivity index (χ4v) is 8.29. The summed E-state index contributed by atoms with van der Waals surface area (Å²) in [6.07, 6.45) is 0. The predicted octanol–water partition coefficient (Wildman–Crippen LogP) is 7.05. The standard InChI is InChI=1S/C30H25NSi/c1-32(2)29-16-6-5-14-27(29)28-18-17-24(20-30(28)32)31-23-12-7-11-22(19-23)26-15-8-10-21-9-3-4-13-25(21)26/h3-20,31H,1-2H3. The molecule has 0 unspecified atom stereocenters. The van der Waals surface area contributed by atoms with Crippen molar-refractivity contribution in [3.05, 3.63) is 109 Å². The summed E-state index contributed by atoms with van der Waals surface area (Å²) in [6, 6.07) is 39.7. The first-order valence-electron chi connectivity index (χ1n) is 11.2. The first kappa shape index (κ1) is 19.1. The second-order valence-corrected chi connectivity index (χ2v) is 13.5. The Bertz CT molecular complexity index is 1480. The molecule has 0 bridgehead atoms. The average Bonchev–Trinajstić information content (AvgIpc) is 3.06. The first-order valence-corrected chi connectivity index (χ1v) is 14.2. The fourth-order valence-electron chi connectivity index (χ4n) is 5.19. The van der Waals surface area contributed by atoms with Crippen LogP contribution in [0.4, 0.5) is 11.4 Å². The van der Waals surface area contributed by atoms with E-state index in [0.29, 0.717) is 0 Å². The highest BCUT2D eigenvalue weighted by Gasteiger charge is 2.37. The van der Waals surface area contributed by atoms with Gasteiger partial charge in [0.15, 0.2) is 0 Å². The van der Waals surface area contributed by atoms with Crippen LogP contribution < -0.4 is 15.7 Å². The fraction of sp³-hybridized carbons (Fsp3) is 0.0667. The molecule has 0 saturated carbocycles. The highest BCUT2D eigenvalue weighted by molar-refractivity contribution is 7.03. The van der Waals surface area contributed by atoms with Crippen LogP contribution in [-0.2, 0) is 0 Å². The molecule has 0 saturated heterocycles. The summed E-state index contributed by atoms with van der Waals surface area (Å²) >= 11 is 0. The molecule has 5 aromatic carbocycles. The van der Waals surface area contributed by atoms with Gasteiger partial charge in [0.05, 0.1) is 0 Å². The lowest BCUT2D eigenvalue weighted by molar-refractivity contribution is 1.55. The van der Waals surface area contributed by atoms with E-state index in [1.807, 2.05) is 0 Å². The van der Waals surface area contributed by atoms with Crippen LogP contribution in [0, 0.1) is 0 Å². The number of hydrogen-bond acceptors (Lipinski definition) is 1. The number of nitrogens with one attached hydrogen (secondary N) is 1. The van der Waals surface area contributed by atoms with Gasteiger partial charge in [-0.05, 0) is 67.7 Å². The molecule has 1 aliphatic rings. The van der Waals surface area contributed by atoms with Crippen LogP contribution in [-0.4, -0.2) is 8.07 Å². The van der Waals surface area contributed by atoms with Gasteiger partial charge in [-0.1, -0.05) is 98.0 Å². The molecule has 154 valence electrons. The third kappa shape index (κ3) is 2.99. The van der Waals surface area contributed by atoms with Gasteiger partial charge in [0.2, 0.25) is 0 Å². The summed E-state index contributed by atoms with van der Waals surface area (Å²) in [7, 11) is -1.66. The zero-order valence-electron chi connectivity index (χ0n) is 18.4. The van der Waals surface area contributed by atoms with Crippen LogP contribution in [0.25, 0.3) is 33.0 Å². The van der Waals surface area contributed by atoms with Crippen molar-refractivity contribution in [2.24, 2.45) is 0 Å². The summed E-state index contributed by atoms with van der Waals surface area (Å²) < 4.78 is 0. The van der Waals surface area contributed by atoms with Gasteiger partial charge < -0.3 is 5.32 Å². The Morgan fingerprint density at radius 3 is 2.16 bits per heavy atom. The Morgan fingerprint density at radius 1 is 0.531 bits per heavy atom. The molecule has 0 spiro atoms. The molecule has 0 amide bonds. The molecule has 0 aliphatic carbocycles. The molecule has 32 heavy (non-hydrogen) atoms. The quantitative estimate of drug-likeness (QED) is 0.304. The van der Waals surface area contributed by atoms with E-state index in [-0.39, 0.29) is 0 Å². The molecule has 0 fully saturated rings. The van der Waals surface area contributed by atoms with Crippen molar-refractivity contribution in [2.75, 3.05) is 5.32 Å².